The van der Waals surface area contributed by atoms with Crippen molar-refractivity contribution in [2.75, 3.05) is 0 Å². The van der Waals surface area contributed by atoms with Gasteiger partial charge in [0, 0.05) is 5.56 Å². The van der Waals surface area contributed by atoms with E-state index in [4.69, 9.17) is 6.57 Å². The lowest BCUT2D eigenvalue weighted by atomic mass is 9.61. The SMILES string of the molecule is [C-]#[N+]Cc1cc(O)cc2c1C[C@@H](c1ccc(O)cc1)[C@H]1CCCC[C@@H]21. The second-order valence-corrected chi connectivity index (χ2v) is 7.45. The molecule has 3 nitrogen and oxygen atoms in total. The number of rotatable bonds is 2. The first-order chi connectivity index (χ1) is 12.2. The van der Waals surface area contributed by atoms with E-state index in [0.717, 1.165) is 18.4 Å². The van der Waals surface area contributed by atoms with E-state index >= 15 is 0 Å². The predicted octanol–water partition coefficient (Wildman–Crippen LogP) is 5.13. The topological polar surface area (TPSA) is 44.8 Å². The van der Waals surface area contributed by atoms with Gasteiger partial charge in [-0.25, -0.2) is 6.57 Å². The van der Waals surface area contributed by atoms with Crippen LogP contribution in [0.2, 0.25) is 0 Å². The zero-order valence-electron chi connectivity index (χ0n) is 14.3. The van der Waals surface area contributed by atoms with Crippen molar-refractivity contribution >= 4 is 0 Å². The van der Waals surface area contributed by atoms with Gasteiger partial charge in [0.25, 0.3) is 0 Å². The Morgan fingerprint density at radius 2 is 1.72 bits per heavy atom. The minimum atomic E-state index is 0.296. The summed E-state index contributed by atoms with van der Waals surface area (Å²) in [7, 11) is 0. The van der Waals surface area contributed by atoms with Gasteiger partial charge < -0.3 is 15.1 Å². The van der Waals surface area contributed by atoms with Gasteiger partial charge in [0.15, 0.2) is 0 Å². The maximum absolute atomic E-state index is 10.2. The number of nitrogens with zero attached hydrogens (tertiary/aromatic N) is 1. The molecule has 1 fully saturated rings. The quantitative estimate of drug-likeness (QED) is 0.748. The van der Waals surface area contributed by atoms with E-state index in [2.05, 4.69) is 4.85 Å². The van der Waals surface area contributed by atoms with Crippen LogP contribution in [-0.2, 0) is 13.0 Å². The normalized spacial score (nSPS) is 24.8. The van der Waals surface area contributed by atoms with Gasteiger partial charge >= 0.3 is 0 Å². The largest absolute Gasteiger partial charge is 0.508 e. The van der Waals surface area contributed by atoms with Crippen LogP contribution in [0.3, 0.4) is 0 Å². The minimum absolute atomic E-state index is 0.296. The van der Waals surface area contributed by atoms with Crippen LogP contribution in [0.15, 0.2) is 36.4 Å². The predicted molar refractivity (Wildman–Crippen MR) is 97.7 cm³/mol. The van der Waals surface area contributed by atoms with Crippen molar-refractivity contribution in [3.05, 3.63) is 70.1 Å². The molecule has 3 atom stereocenters. The number of phenolic OH excluding ortho intramolecular Hbond substituents is 2. The zero-order chi connectivity index (χ0) is 17.4. The Balaban J connectivity index is 1.82. The average Bonchev–Trinajstić information content (AvgIpc) is 2.62. The van der Waals surface area contributed by atoms with Gasteiger partial charge in [-0.05, 0) is 78.0 Å². The van der Waals surface area contributed by atoms with Crippen LogP contribution in [0.25, 0.3) is 4.85 Å². The van der Waals surface area contributed by atoms with Gasteiger partial charge in [0.05, 0.1) is 0 Å². The Bertz CT molecular complexity index is 819. The third kappa shape index (κ3) is 2.87. The van der Waals surface area contributed by atoms with Gasteiger partial charge in [-0.3, -0.25) is 0 Å². The Labute approximate surface area is 148 Å². The second kappa shape index (κ2) is 6.44. The number of phenols is 2. The van der Waals surface area contributed by atoms with Crippen LogP contribution in [0, 0.1) is 12.5 Å². The van der Waals surface area contributed by atoms with E-state index in [9.17, 15) is 10.2 Å². The average molecular weight is 333 g/mol. The molecule has 0 amide bonds. The summed E-state index contributed by atoms with van der Waals surface area (Å²) in [6.07, 6.45) is 5.79. The molecule has 2 aromatic rings. The van der Waals surface area contributed by atoms with Crippen LogP contribution in [-0.4, -0.2) is 10.2 Å². The van der Waals surface area contributed by atoms with E-state index in [0.29, 0.717) is 35.8 Å². The fourth-order valence-corrected chi connectivity index (χ4v) is 5.03. The van der Waals surface area contributed by atoms with Crippen LogP contribution >= 0.6 is 0 Å². The Morgan fingerprint density at radius 3 is 2.48 bits per heavy atom. The summed E-state index contributed by atoms with van der Waals surface area (Å²) in [5.74, 6) is 2.07. The lowest BCUT2D eigenvalue weighted by Crippen LogP contribution is -2.31. The maximum Gasteiger partial charge on any atom is 0.240 e. The summed E-state index contributed by atoms with van der Waals surface area (Å²) < 4.78 is 0. The Morgan fingerprint density at radius 1 is 0.960 bits per heavy atom. The highest BCUT2D eigenvalue weighted by molar-refractivity contribution is 5.48. The molecular weight excluding hydrogens is 310 g/mol. The van der Waals surface area contributed by atoms with Crippen molar-refractivity contribution in [2.24, 2.45) is 5.92 Å². The first-order valence-corrected chi connectivity index (χ1v) is 9.14. The first kappa shape index (κ1) is 16.0. The molecule has 4 rings (SSSR count). The summed E-state index contributed by atoms with van der Waals surface area (Å²) in [6, 6.07) is 11.4. The van der Waals surface area contributed by atoms with Crippen molar-refractivity contribution in [1.29, 1.82) is 0 Å². The zero-order valence-corrected chi connectivity index (χ0v) is 14.3. The molecule has 0 aromatic heterocycles. The van der Waals surface area contributed by atoms with Gasteiger partial charge in [0.2, 0.25) is 6.54 Å². The third-order valence-electron chi connectivity index (χ3n) is 6.09. The highest BCUT2D eigenvalue weighted by atomic mass is 16.3. The summed E-state index contributed by atoms with van der Waals surface area (Å²) in [5.41, 5.74) is 4.81. The molecule has 0 spiro atoms. The first-order valence-electron chi connectivity index (χ1n) is 9.14. The lowest BCUT2D eigenvalue weighted by Gasteiger charge is -2.43. The molecule has 2 aromatic carbocycles. The van der Waals surface area contributed by atoms with E-state index in [1.165, 1.54) is 36.0 Å². The Kier molecular flexibility index (Phi) is 4.13. The maximum atomic E-state index is 10.2. The number of benzene rings is 2. The molecule has 1 saturated carbocycles. The van der Waals surface area contributed by atoms with Gasteiger partial charge in [-0.15, -0.1) is 0 Å². The molecule has 2 N–H and O–H groups in total. The smallest absolute Gasteiger partial charge is 0.240 e. The van der Waals surface area contributed by atoms with Crippen LogP contribution in [0.4, 0.5) is 0 Å². The molecule has 2 aliphatic carbocycles. The van der Waals surface area contributed by atoms with Crippen LogP contribution in [0.1, 0.15) is 59.8 Å². The van der Waals surface area contributed by atoms with Crippen molar-refractivity contribution < 1.29 is 10.2 Å². The summed E-state index contributed by atoms with van der Waals surface area (Å²) in [6.45, 7) is 7.59. The van der Waals surface area contributed by atoms with Gasteiger partial charge in [0.1, 0.15) is 11.5 Å². The van der Waals surface area contributed by atoms with Crippen LogP contribution in [0.5, 0.6) is 11.5 Å². The van der Waals surface area contributed by atoms with E-state index < -0.39 is 0 Å². The molecule has 2 aliphatic rings. The van der Waals surface area contributed by atoms with Crippen molar-refractivity contribution in [3.63, 3.8) is 0 Å². The fraction of sp³-hybridized carbons (Fsp3) is 0.409. The number of fused-ring (bicyclic) bond motifs is 3. The molecule has 0 bridgehead atoms. The third-order valence-corrected chi connectivity index (χ3v) is 6.09. The lowest BCUT2D eigenvalue weighted by molar-refractivity contribution is 0.242. The standard InChI is InChI=1S/C22H23NO2/c1-23-13-15-10-17(25)11-22-19-5-3-2-4-18(19)20(12-21(15)22)14-6-8-16(24)9-7-14/h6-11,18-20,24-25H,2-5,12-13H2/t18-,19+,20-/m0/s1. The molecule has 0 unspecified atom stereocenters. The monoisotopic (exact) mass is 333 g/mol. The highest BCUT2D eigenvalue weighted by Gasteiger charge is 2.40. The van der Waals surface area contributed by atoms with E-state index in [1.54, 1.807) is 18.2 Å². The number of aromatic hydroxyl groups is 2. The molecule has 0 saturated heterocycles. The summed E-state index contributed by atoms with van der Waals surface area (Å²) >= 11 is 0. The van der Waals surface area contributed by atoms with Gasteiger partial charge in [-0.1, -0.05) is 25.0 Å². The Hall–Kier alpha value is -2.47. The molecule has 0 heterocycles. The highest BCUT2D eigenvalue weighted by Crippen LogP contribution is 2.52. The summed E-state index contributed by atoms with van der Waals surface area (Å²) in [4.78, 5) is 3.57. The fourth-order valence-electron chi connectivity index (χ4n) is 5.03. The summed E-state index contributed by atoms with van der Waals surface area (Å²) in [5, 5.41) is 19.8. The van der Waals surface area contributed by atoms with Crippen molar-refractivity contribution in [2.45, 2.75) is 50.5 Å². The minimum Gasteiger partial charge on any atom is -0.508 e. The second-order valence-electron chi connectivity index (χ2n) is 7.45. The van der Waals surface area contributed by atoms with Gasteiger partial charge in [-0.2, -0.15) is 0 Å². The molecular formula is C22H23NO2. The molecule has 0 aliphatic heterocycles. The number of hydrogen-bond acceptors (Lipinski definition) is 2. The molecule has 0 radical (unpaired) electrons. The van der Waals surface area contributed by atoms with Crippen molar-refractivity contribution in [3.8, 4) is 11.5 Å². The molecule has 3 heteroatoms. The van der Waals surface area contributed by atoms with E-state index in [1.807, 2.05) is 18.2 Å². The molecule has 128 valence electrons. The molecule has 25 heavy (non-hydrogen) atoms. The van der Waals surface area contributed by atoms with Crippen molar-refractivity contribution in [1.82, 2.24) is 0 Å². The van der Waals surface area contributed by atoms with Crippen LogP contribution < -0.4 is 0 Å². The number of hydrogen-bond donors (Lipinski definition) is 2. The van der Waals surface area contributed by atoms with E-state index in [-0.39, 0.29) is 0 Å².